The van der Waals surface area contributed by atoms with E-state index in [2.05, 4.69) is 10.3 Å². The van der Waals surface area contributed by atoms with Crippen molar-refractivity contribution in [1.82, 2.24) is 4.98 Å². The average molecular weight is 195 g/mol. The van der Waals surface area contributed by atoms with Gasteiger partial charge in [0.25, 0.3) is 5.91 Å². The standard InChI is InChI=1S/C9H13N3O2/c1-14-8(6-10)9(13)12-7-2-4-11-5-3-7/h2-5,8H,6,10H2,1H3,(H,11,12,13). The summed E-state index contributed by atoms with van der Waals surface area (Å²) in [5, 5.41) is 2.66. The Bertz CT molecular complexity index is 285. The molecule has 5 heteroatoms. The molecule has 1 atom stereocenters. The van der Waals surface area contributed by atoms with Crippen molar-refractivity contribution in [1.29, 1.82) is 0 Å². The Kier molecular flexibility index (Phi) is 4.03. The quantitative estimate of drug-likeness (QED) is 0.708. The number of amides is 1. The van der Waals surface area contributed by atoms with Gasteiger partial charge in [-0.25, -0.2) is 0 Å². The minimum Gasteiger partial charge on any atom is -0.370 e. The molecule has 1 heterocycles. The van der Waals surface area contributed by atoms with Crippen molar-refractivity contribution in [2.75, 3.05) is 19.0 Å². The molecular formula is C9H13N3O2. The van der Waals surface area contributed by atoms with Crippen LogP contribution in [0.25, 0.3) is 0 Å². The average Bonchev–Trinajstić information content (AvgIpc) is 2.21. The topological polar surface area (TPSA) is 77.2 Å². The maximum Gasteiger partial charge on any atom is 0.254 e. The molecule has 0 fully saturated rings. The van der Waals surface area contributed by atoms with Crippen molar-refractivity contribution in [3.63, 3.8) is 0 Å². The Morgan fingerprint density at radius 1 is 1.64 bits per heavy atom. The molecule has 0 saturated carbocycles. The van der Waals surface area contributed by atoms with Gasteiger partial charge in [0.2, 0.25) is 0 Å². The summed E-state index contributed by atoms with van der Waals surface area (Å²) < 4.78 is 4.88. The van der Waals surface area contributed by atoms with Gasteiger partial charge in [0.1, 0.15) is 6.10 Å². The van der Waals surface area contributed by atoms with Crippen LogP contribution in [0, 0.1) is 0 Å². The number of methoxy groups -OCH3 is 1. The Morgan fingerprint density at radius 3 is 2.79 bits per heavy atom. The van der Waals surface area contributed by atoms with Gasteiger partial charge in [0.15, 0.2) is 0 Å². The number of carbonyl (C=O) groups excluding carboxylic acids is 1. The Balaban J connectivity index is 2.57. The summed E-state index contributed by atoms with van der Waals surface area (Å²) in [6.45, 7) is 0.160. The van der Waals surface area contributed by atoms with E-state index in [9.17, 15) is 4.79 Å². The first-order chi connectivity index (χ1) is 6.77. The zero-order chi connectivity index (χ0) is 10.4. The molecule has 76 valence electrons. The lowest BCUT2D eigenvalue weighted by atomic mass is 10.3. The fourth-order valence-electron chi connectivity index (χ4n) is 0.968. The zero-order valence-electron chi connectivity index (χ0n) is 7.93. The molecule has 0 aliphatic heterocycles. The number of nitrogens with two attached hydrogens (primary N) is 1. The molecule has 0 bridgehead atoms. The van der Waals surface area contributed by atoms with Gasteiger partial charge >= 0.3 is 0 Å². The molecule has 0 spiro atoms. The summed E-state index contributed by atoms with van der Waals surface area (Å²) in [6.07, 6.45) is 2.59. The van der Waals surface area contributed by atoms with E-state index in [-0.39, 0.29) is 12.5 Å². The number of hydrogen-bond acceptors (Lipinski definition) is 4. The summed E-state index contributed by atoms with van der Waals surface area (Å²) in [6, 6.07) is 3.39. The van der Waals surface area contributed by atoms with E-state index in [1.165, 1.54) is 7.11 Å². The van der Waals surface area contributed by atoms with Crippen LogP contribution >= 0.6 is 0 Å². The lowest BCUT2D eigenvalue weighted by Gasteiger charge is -2.12. The van der Waals surface area contributed by atoms with Gasteiger partial charge in [-0.2, -0.15) is 0 Å². The lowest BCUT2D eigenvalue weighted by Crippen LogP contribution is -2.35. The largest absolute Gasteiger partial charge is 0.370 e. The highest BCUT2D eigenvalue weighted by molar-refractivity contribution is 5.94. The van der Waals surface area contributed by atoms with Gasteiger partial charge in [0.05, 0.1) is 0 Å². The van der Waals surface area contributed by atoms with E-state index in [0.717, 1.165) is 0 Å². The third kappa shape index (κ3) is 2.79. The second-order valence-corrected chi connectivity index (χ2v) is 2.69. The minimum atomic E-state index is -0.608. The summed E-state index contributed by atoms with van der Waals surface area (Å²) in [4.78, 5) is 15.3. The van der Waals surface area contributed by atoms with Crippen LogP contribution in [0.5, 0.6) is 0 Å². The van der Waals surface area contributed by atoms with Gasteiger partial charge in [-0.05, 0) is 12.1 Å². The van der Waals surface area contributed by atoms with Crippen LogP contribution in [0.4, 0.5) is 5.69 Å². The molecule has 1 aromatic rings. The molecule has 0 saturated heterocycles. The molecular weight excluding hydrogens is 182 g/mol. The normalized spacial score (nSPS) is 12.1. The first-order valence-corrected chi connectivity index (χ1v) is 4.21. The van der Waals surface area contributed by atoms with Gasteiger partial charge in [-0.1, -0.05) is 0 Å². The van der Waals surface area contributed by atoms with Gasteiger partial charge in [-0.15, -0.1) is 0 Å². The molecule has 14 heavy (non-hydrogen) atoms. The SMILES string of the molecule is COC(CN)C(=O)Nc1ccncc1. The van der Waals surface area contributed by atoms with E-state index < -0.39 is 6.10 Å². The Hall–Kier alpha value is -1.46. The first kappa shape index (κ1) is 10.6. The van der Waals surface area contributed by atoms with Crippen LogP contribution in [0.3, 0.4) is 0 Å². The van der Waals surface area contributed by atoms with Gasteiger partial charge < -0.3 is 15.8 Å². The number of anilines is 1. The number of rotatable bonds is 4. The molecule has 0 aromatic carbocycles. The monoisotopic (exact) mass is 195 g/mol. The summed E-state index contributed by atoms with van der Waals surface area (Å²) in [5.74, 6) is -0.249. The number of hydrogen-bond donors (Lipinski definition) is 2. The van der Waals surface area contributed by atoms with E-state index >= 15 is 0 Å². The van der Waals surface area contributed by atoms with Crippen LogP contribution in [-0.2, 0) is 9.53 Å². The first-order valence-electron chi connectivity index (χ1n) is 4.21. The molecule has 1 rings (SSSR count). The maximum atomic E-state index is 11.4. The van der Waals surface area contributed by atoms with Crippen LogP contribution in [0.1, 0.15) is 0 Å². The number of ether oxygens (including phenoxy) is 1. The highest BCUT2D eigenvalue weighted by Crippen LogP contribution is 2.04. The zero-order valence-corrected chi connectivity index (χ0v) is 7.93. The molecule has 1 unspecified atom stereocenters. The molecule has 0 radical (unpaired) electrons. The molecule has 1 aromatic heterocycles. The van der Waals surface area contributed by atoms with Crippen molar-refractivity contribution >= 4 is 11.6 Å². The van der Waals surface area contributed by atoms with E-state index in [4.69, 9.17) is 10.5 Å². The predicted molar refractivity (Wildman–Crippen MR) is 52.7 cm³/mol. The summed E-state index contributed by atoms with van der Waals surface area (Å²) in [7, 11) is 1.45. The van der Waals surface area contributed by atoms with Crippen molar-refractivity contribution in [2.45, 2.75) is 6.10 Å². The molecule has 1 amide bonds. The van der Waals surface area contributed by atoms with Crippen molar-refractivity contribution in [3.05, 3.63) is 24.5 Å². The van der Waals surface area contributed by atoms with E-state index in [1.54, 1.807) is 24.5 Å². The van der Waals surface area contributed by atoms with Crippen molar-refractivity contribution in [2.24, 2.45) is 5.73 Å². The fraction of sp³-hybridized carbons (Fsp3) is 0.333. The highest BCUT2D eigenvalue weighted by Gasteiger charge is 2.15. The molecule has 3 N–H and O–H groups in total. The molecule has 0 aliphatic rings. The fourth-order valence-corrected chi connectivity index (χ4v) is 0.968. The lowest BCUT2D eigenvalue weighted by molar-refractivity contribution is -0.125. The Labute approximate surface area is 82.3 Å². The number of nitrogens with one attached hydrogen (secondary N) is 1. The van der Waals surface area contributed by atoms with E-state index in [1.807, 2.05) is 0 Å². The highest BCUT2D eigenvalue weighted by atomic mass is 16.5. The van der Waals surface area contributed by atoms with Crippen LogP contribution in [-0.4, -0.2) is 30.6 Å². The van der Waals surface area contributed by atoms with Crippen LogP contribution in [0.15, 0.2) is 24.5 Å². The van der Waals surface area contributed by atoms with Gasteiger partial charge in [-0.3, -0.25) is 9.78 Å². The Morgan fingerprint density at radius 2 is 2.29 bits per heavy atom. The number of pyridine rings is 1. The number of carbonyl (C=O) groups is 1. The summed E-state index contributed by atoms with van der Waals surface area (Å²) in [5.41, 5.74) is 6.02. The molecule has 5 nitrogen and oxygen atoms in total. The van der Waals surface area contributed by atoms with Gasteiger partial charge in [0, 0.05) is 31.7 Å². The van der Waals surface area contributed by atoms with Crippen molar-refractivity contribution in [3.8, 4) is 0 Å². The number of aromatic nitrogens is 1. The molecule has 0 aliphatic carbocycles. The smallest absolute Gasteiger partial charge is 0.254 e. The van der Waals surface area contributed by atoms with Crippen LogP contribution in [0.2, 0.25) is 0 Å². The predicted octanol–water partition coefficient (Wildman–Crippen LogP) is -0.00620. The second-order valence-electron chi connectivity index (χ2n) is 2.69. The third-order valence-corrected chi connectivity index (χ3v) is 1.74. The summed E-state index contributed by atoms with van der Waals surface area (Å²) >= 11 is 0. The third-order valence-electron chi connectivity index (χ3n) is 1.74. The maximum absolute atomic E-state index is 11.4. The minimum absolute atomic E-state index is 0.160. The van der Waals surface area contributed by atoms with Crippen molar-refractivity contribution < 1.29 is 9.53 Å². The number of nitrogens with zero attached hydrogens (tertiary/aromatic N) is 1. The van der Waals surface area contributed by atoms with E-state index in [0.29, 0.717) is 5.69 Å². The van der Waals surface area contributed by atoms with Crippen LogP contribution < -0.4 is 11.1 Å². The second kappa shape index (κ2) is 5.31.